The minimum Gasteiger partial charge on any atom is -0.306 e. The lowest BCUT2D eigenvalue weighted by Gasteiger charge is -2.09. The highest BCUT2D eigenvalue weighted by Gasteiger charge is 2.10. The molecule has 2 aromatic carbocycles. The number of anilines is 2. The number of benzene rings is 2. The number of nitriles is 1. The first-order chi connectivity index (χ1) is 9.99. The van der Waals surface area contributed by atoms with Crippen LogP contribution >= 0.6 is 11.6 Å². The van der Waals surface area contributed by atoms with E-state index in [1.807, 2.05) is 6.07 Å². The second kappa shape index (κ2) is 6.20. The summed E-state index contributed by atoms with van der Waals surface area (Å²) in [5.41, 5.74) is 0.0496. The van der Waals surface area contributed by atoms with E-state index in [1.54, 1.807) is 0 Å². The largest absolute Gasteiger partial charge is 0.323 e. The number of carbonyl (C=O) groups is 1. The molecule has 2 rings (SSSR count). The highest BCUT2D eigenvalue weighted by Crippen LogP contribution is 2.21. The Morgan fingerprint density at radius 1 is 1.10 bits per heavy atom. The highest BCUT2D eigenvalue weighted by atomic mass is 35.5. The maximum absolute atomic E-state index is 13.4. The number of carbonyl (C=O) groups excluding carboxylic acids is 1. The van der Waals surface area contributed by atoms with Crippen molar-refractivity contribution in [2.45, 2.75) is 0 Å². The third-order valence-electron chi connectivity index (χ3n) is 2.53. The van der Waals surface area contributed by atoms with Crippen molar-refractivity contribution in [3.05, 3.63) is 58.6 Å². The zero-order valence-corrected chi connectivity index (χ0v) is 11.2. The number of hydrogen-bond donors (Lipinski definition) is 2. The van der Waals surface area contributed by atoms with E-state index in [0.29, 0.717) is 5.02 Å². The molecule has 0 atom stereocenters. The summed E-state index contributed by atoms with van der Waals surface area (Å²) in [7, 11) is 0. The summed E-state index contributed by atoms with van der Waals surface area (Å²) in [4.78, 5) is 11.7. The lowest BCUT2D eigenvalue weighted by Crippen LogP contribution is -2.20. The maximum atomic E-state index is 13.4. The predicted molar refractivity (Wildman–Crippen MR) is 75.2 cm³/mol. The zero-order valence-electron chi connectivity index (χ0n) is 10.5. The molecule has 0 heterocycles. The van der Waals surface area contributed by atoms with E-state index in [0.717, 1.165) is 18.2 Å². The van der Waals surface area contributed by atoms with E-state index in [4.69, 9.17) is 16.9 Å². The van der Waals surface area contributed by atoms with Crippen molar-refractivity contribution in [2.75, 3.05) is 10.6 Å². The monoisotopic (exact) mass is 307 g/mol. The van der Waals surface area contributed by atoms with Crippen molar-refractivity contribution in [1.29, 1.82) is 5.26 Å². The molecule has 2 N–H and O–H groups in total. The maximum Gasteiger partial charge on any atom is 0.323 e. The van der Waals surface area contributed by atoms with Crippen LogP contribution in [0, 0.1) is 23.0 Å². The van der Waals surface area contributed by atoms with Gasteiger partial charge in [0, 0.05) is 11.1 Å². The zero-order chi connectivity index (χ0) is 15.4. The fourth-order valence-corrected chi connectivity index (χ4v) is 1.76. The third kappa shape index (κ3) is 3.68. The Kier molecular flexibility index (Phi) is 4.36. The molecule has 0 aliphatic rings. The molecule has 0 bridgehead atoms. The first kappa shape index (κ1) is 14.8. The number of halogens is 3. The van der Waals surface area contributed by atoms with E-state index < -0.39 is 17.7 Å². The van der Waals surface area contributed by atoms with E-state index in [-0.39, 0.29) is 16.9 Å². The van der Waals surface area contributed by atoms with Gasteiger partial charge in [0.2, 0.25) is 0 Å². The molecule has 0 unspecified atom stereocenters. The SMILES string of the molecule is N#Cc1cc(Cl)ccc1NC(=O)Nc1cc(F)ccc1F. The van der Waals surface area contributed by atoms with Gasteiger partial charge >= 0.3 is 6.03 Å². The minimum atomic E-state index is -0.807. The summed E-state index contributed by atoms with van der Waals surface area (Å²) in [6, 6.07) is 8.03. The molecule has 106 valence electrons. The molecular formula is C14H8ClF2N3O. The lowest BCUT2D eigenvalue weighted by molar-refractivity contribution is 0.262. The van der Waals surface area contributed by atoms with Gasteiger partial charge in [0.05, 0.1) is 16.9 Å². The normalized spacial score (nSPS) is 9.81. The van der Waals surface area contributed by atoms with Crippen LogP contribution in [0.25, 0.3) is 0 Å². The van der Waals surface area contributed by atoms with Crippen LogP contribution in [0.1, 0.15) is 5.56 Å². The van der Waals surface area contributed by atoms with Gasteiger partial charge in [0.15, 0.2) is 0 Å². The summed E-state index contributed by atoms with van der Waals surface area (Å²) >= 11 is 5.73. The summed E-state index contributed by atoms with van der Waals surface area (Å²) in [6.45, 7) is 0. The van der Waals surface area contributed by atoms with Crippen molar-refractivity contribution in [3.63, 3.8) is 0 Å². The van der Waals surface area contributed by atoms with E-state index in [2.05, 4.69) is 10.6 Å². The van der Waals surface area contributed by atoms with Gasteiger partial charge in [-0.25, -0.2) is 13.6 Å². The van der Waals surface area contributed by atoms with Gasteiger partial charge in [-0.05, 0) is 30.3 Å². The predicted octanol–water partition coefficient (Wildman–Crippen LogP) is 4.13. The molecule has 2 aromatic rings. The van der Waals surface area contributed by atoms with E-state index >= 15 is 0 Å². The first-order valence-corrected chi connectivity index (χ1v) is 6.10. The number of urea groups is 1. The topological polar surface area (TPSA) is 64.9 Å². The van der Waals surface area contributed by atoms with Gasteiger partial charge in [-0.3, -0.25) is 0 Å². The smallest absolute Gasteiger partial charge is 0.306 e. The van der Waals surface area contributed by atoms with E-state index in [1.165, 1.54) is 18.2 Å². The fraction of sp³-hybridized carbons (Fsp3) is 0. The van der Waals surface area contributed by atoms with Crippen LogP contribution in [0.3, 0.4) is 0 Å². The molecule has 0 fully saturated rings. The van der Waals surface area contributed by atoms with Gasteiger partial charge in [0.1, 0.15) is 17.7 Å². The molecule has 0 radical (unpaired) electrons. The molecule has 0 saturated heterocycles. The standard InChI is InChI=1S/C14H8ClF2N3O/c15-9-1-4-12(8(5-9)7-18)19-14(21)20-13-6-10(16)2-3-11(13)17/h1-6H,(H2,19,20,21). The number of rotatable bonds is 2. The summed E-state index contributed by atoms with van der Waals surface area (Å²) in [6.07, 6.45) is 0. The Morgan fingerprint density at radius 2 is 1.81 bits per heavy atom. The average Bonchev–Trinajstić information content (AvgIpc) is 2.44. The van der Waals surface area contributed by atoms with Crippen LogP contribution in [-0.4, -0.2) is 6.03 Å². The van der Waals surface area contributed by atoms with Crippen LogP contribution in [0.4, 0.5) is 25.0 Å². The molecule has 7 heteroatoms. The molecule has 0 saturated carbocycles. The lowest BCUT2D eigenvalue weighted by atomic mass is 10.2. The molecule has 21 heavy (non-hydrogen) atoms. The quantitative estimate of drug-likeness (QED) is 0.876. The van der Waals surface area contributed by atoms with Gasteiger partial charge in [-0.2, -0.15) is 5.26 Å². The van der Waals surface area contributed by atoms with E-state index in [9.17, 15) is 13.6 Å². The number of nitrogens with one attached hydrogen (secondary N) is 2. The second-order valence-electron chi connectivity index (χ2n) is 4.01. The Bertz CT molecular complexity index is 743. The first-order valence-electron chi connectivity index (χ1n) is 5.72. The average molecular weight is 308 g/mol. The highest BCUT2D eigenvalue weighted by molar-refractivity contribution is 6.30. The molecule has 0 aromatic heterocycles. The summed E-state index contributed by atoms with van der Waals surface area (Å²) < 4.78 is 26.4. The minimum absolute atomic E-state index is 0.150. The summed E-state index contributed by atoms with van der Waals surface area (Å²) in [5, 5.41) is 13.8. The van der Waals surface area contributed by atoms with Gasteiger partial charge in [0.25, 0.3) is 0 Å². The Hall–Kier alpha value is -2.65. The second-order valence-corrected chi connectivity index (χ2v) is 4.44. The summed E-state index contributed by atoms with van der Waals surface area (Å²) in [5.74, 6) is -1.46. The van der Waals surface area contributed by atoms with Gasteiger partial charge in [-0.1, -0.05) is 11.6 Å². The van der Waals surface area contributed by atoms with Crippen LogP contribution < -0.4 is 10.6 Å². The molecule has 4 nitrogen and oxygen atoms in total. The Labute approximate surface area is 124 Å². The van der Waals surface area contributed by atoms with Gasteiger partial charge in [-0.15, -0.1) is 0 Å². The molecule has 0 spiro atoms. The Balaban J connectivity index is 2.16. The van der Waals surface area contributed by atoms with Crippen molar-refractivity contribution < 1.29 is 13.6 Å². The van der Waals surface area contributed by atoms with Crippen molar-refractivity contribution in [1.82, 2.24) is 0 Å². The van der Waals surface area contributed by atoms with Gasteiger partial charge < -0.3 is 10.6 Å². The van der Waals surface area contributed by atoms with Crippen molar-refractivity contribution in [2.24, 2.45) is 0 Å². The van der Waals surface area contributed by atoms with Crippen molar-refractivity contribution in [3.8, 4) is 6.07 Å². The van der Waals surface area contributed by atoms with Crippen LogP contribution in [0.5, 0.6) is 0 Å². The number of nitrogens with zero attached hydrogens (tertiary/aromatic N) is 1. The number of amides is 2. The number of hydrogen-bond acceptors (Lipinski definition) is 2. The van der Waals surface area contributed by atoms with Crippen molar-refractivity contribution >= 4 is 29.0 Å². The third-order valence-corrected chi connectivity index (χ3v) is 2.76. The molecule has 0 aliphatic heterocycles. The Morgan fingerprint density at radius 3 is 2.52 bits per heavy atom. The van der Waals surface area contributed by atoms with Crippen LogP contribution in [0.15, 0.2) is 36.4 Å². The van der Waals surface area contributed by atoms with Crippen LogP contribution in [0.2, 0.25) is 5.02 Å². The molecule has 0 aliphatic carbocycles. The fourth-order valence-electron chi connectivity index (χ4n) is 1.59. The van der Waals surface area contributed by atoms with Crippen LogP contribution in [-0.2, 0) is 0 Å². The molecular weight excluding hydrogens is 300 g/mol. The molecule has 2 amide bonds.